The van der Waals surface area contributed by atoms with E-state index in [1.807, 2.05) is 18.2 Å². The minimum Gasteiger partial charge on any atom is -0.454 e. The molecule has 5 aromatic heterocycles. The van der Waals surface area contributed by atoms with Gasteiger partial charge < -0.3 is 18.1 Å². The highest BCUT2D eigenvalue weighted by Gasteiger charge is 2.31. The quantitative estimate of drug-likeness (QED) is 0.142. The maximum absolute atomic E-state index is 6.78. The Morgan fingerprint density at radius 3 is 1.67 bits per heavy atom. The van der Waals surface area contributed by atoms with E-state index in [1.165, 1.54) is 92.9 Å². The molecule has 10 aromatic carbocycles. The first-order chi connectivity index (χ1) is 34.7. The summed E-state index contributed by atoms with van der Waals surface area (Å²) in [5, 5.41) is 12.2. The molecule has 4 nitrogen and oxygen atoms in total. The first kappa shape index (κ1) is 38.7. The summed E-state index contributed by atoms with van der Waals surface area (Å²) in [6.45, 7) is 3.84. The van der Waals surface area contributed by atoms with E-state index in [0.717, 1.165) is 50.1 Å². The summed E-state index contributed by atoms with van der Waals surface area (Å²) in [5.41, 5.74) is 18.1. The van der Waals surface area contributed by atoms with Gasteiger partial charge in [0.15, 0.2) is 5.58 Å². The highest BCUT2D eigenvalue weighted by molar-refractivity contribution is 6.38. The van der Waals surface area contributed by atoms with Crippen LogP contribution >= 0.6 is 0 Å². The molecule has 0 amide bonds. The first-order valence-corrected chi connectivity index (χ1v) is 24.0. The molecule has 15 rings (SSSR count). The number of furan rings is 1. The normalized spacial score (nSPS) is 12.5. The maximum atomic E-state index is 6.78. The van der Waals surface area contributed by atoms with Crippen molar-refractivity contribution in [2.75, 3.05) is 4.90 Å². The number of allylic oxidation sites excluding steroid dienone is 4. The third-order valence-corrected chi connectivity index (χ3v) is 14.7. The Balaban J connectivity index is 1.08. The Bertz CT molecular complexity index is 4660. The van der Waals surface area contributed by atoms with Gasteiger partial charge in [0.2, 0.25) is 0 Å². The van der Waals surface area contributed by atoms with Gasteiger partial charge in [-0.2, -0.15) is 0 Å². The van der Waals surface area contributed by atoms with Crippen molar-refractivity contribution < 1.29 is 4.42 Å². The third kappa shape index (κ3) is 5.30. The Kier molecular flexibility index (Phi) is 8.19. The van der Waals surface area contributed by atoms with Gasteiger partial charge in [-0.3, -0.25) is 0 Å². The molecule has 326 valence electrons. The zero-order valence-electron chi connectivity index (χ0n) is 38.0. The van der Waals surface area contributed by atoms with Crippen LogP contribution in [0.4, 0.5) is 17.1 Å². The second-order valence-corrected chi connectivity index (χ2v) is 18.4. The molecule has 0 saturated carbocycles. The van der Waals surface area contributed by atoms with E-state index < -0.39 is 0 Å². The van der Waals surface area contributed by atoms with Crippen molar-refractivity contribution in [2.24, 2.45) is 0 Å². The van der Waals surface area contributed by atoms with Crippen molar-refractivity contribution in [3.05, 3.63) is 243 Å². The maximum Gasteiger partial charge on any atom is 0.159 e. The molecule has 0 bridgehead atoms. The fraction of sp³-hybridized carbons (Fsp3) is 0. The van der Waals surface area contributed by atoms with Crippen LogP contribution in [0.5, 0.6) is 0 Å². The minimum atomic E-state index is 0.849. The summed E-state index contributed by atoms with van der Waals surface area (Å²) >= 11 is 0. The van der Waals surface area contributed by atoms with Gasteiger partial charge >= 0.3 is 0 Å². The molecule has 0 fully saturated rings. The van der Waals surface area contributed by atoms with Crippen molar-refractivity contribution in [1.82, 2.24) is 8.80 Å². The van der Waals surface area contributed by atoms with Crippen LogP contribution in [0.3, 0.4) is 0 Å². The van der Waals surface area contributed by atoms with Crippen LogP contribution < -0.4 is 4.90 Å². The van der Waals surface area contributed by atoms with E-state index in [-0.39, 0.29) is 0 Å². The van der Waals surface area contributed by atoms with Crippen LogP contribution in [0, 0.1) is 0 Å². The summed E-state index contributed by atoms with van der Waals surface area (Å²) in [5.74, 6) is 0. The zero-order chi connectivity index (χ0) is 46.0. The molecule has 0 atom stereocenters. The van der Waals surface area contributed by atoms with Crippen LogP contribution in [-0.4, -0.2) is 8.80 Å². The number of hydrogen-bond acceptors (Lipinski definition) is 2. The van der Waals surface area contributed by atoms with Gasteiger partial charge in [-0.15, -0.1) is 0 Å². The molecule has 15 aromatic rings. The molecule has 0 N–H and O–H groups in total. The fourth-order valence-corrected chi connectivity index (χ4v) is 12.0. The van der Waals surface area contributed by atoms with Crippen molar-refractivity contribution in [2.45, 2.75) is 0 Å². The molecular formula is C66H41N3O. The Morgan fingerprint density at radius 2 is 0.957 bits per heavy atom. The van der Waals surface area contributed by atoms with Crippen LogP contribution in [0.2, 0.25) is 0 Å². The second-order valence-electron chi connectivity index (χ2n) is 18.4. The van der Waals surface area contributed by atoms with Crippen molar-refractivity contribution in [1.29, 1.82) is 0 Å². The molecule has 0 radical (unpaired) electrons. The molecular weight excluding hydrogens is 851 g/mol. The van der Waals surface area contributed by atoms with Gasteiger partial charge in [0, 0.05) is 76.4 Å². The molecule has 4 heteroatoms. The topological polar surface area (TPSA) is 25.2 Å². The van der Waals surface area contributed by atoms with E-state index in [0.29, 0.717) is 0 Å². The molecule has 0 saturated heterocycles. The average molecular weight is 892 g/mol. The molecule has 0 aliphatic carbocycles. The number of rotatable bonds is 8. The van der Waals surface area contributed by atoms with Gasteiger partial charge in [-0.1, -0.05) is 195 Å². The van der Waals surface area contributed by atoms with Crippen LogP contribution in [0.25, 0.3) is 126 Å². The van der Waals surface area contributed by atoms with E-state index in [9.17, 15) is 0 Å². The lowest BCUT2D eigenvalue weighted by Crippen LogP contribution is -2.10. The van der Waals surface area contributed by atoms with E-state index in [2.05, 4.69) is 233 Å². The highest BCUT2D eigenvalue weighted by atomic mass is 16.3. The van der Waals surface area contributed by atoms with Gasteiger partial charge in [-0.25, -0.2) is 0 Å². The van der Waals surface area contributed by atoms with E-state index in [1.54, 1.807) is 6.08 Å². The lowest BCUT2D eigenvalue weighted by molar-refractivity contribution is 0.669. The van der Waals surface area contributed by atoms with Crippen LogP contribution in [0.15, 0.2) is 242 Å². The molecule has 0 unspecified atom stereocenters. The highest BCUT2D eigenvalue weighted by Crippen LogP contribution is 2.54. The smallest absolute Gasteiger partial charge is 0.159 e. The average Bonchev–Trinajstić information content (AvgIpc) is 4.23. The van der Waals surface area contributed by atoms with Gasteiger partial charge in [0.05, 0.1) is 38.8 Å². The van der Waals surface area contributed by atoms with Crippen LogP contribution in [-0.2, 0) is 0 Å². The van der Waals surface area contributed by atoms with E-state index in [4.69, 9.17) is 4.42 Å². The number of nitrogens with zero attached hydrogens (tertiary/aromatic N) is 3. The third-order valence-electron chi connectivity index (χ3n) is 14.7. The molecule has 5 heterocycles. The number of benzene rings is 10. The van der Waals surface area contributed by atoms with Crippen molar-refractivity contribution in [3.63, 3.8) is 0 Å². The summed E-state index contributed by atoms with van der Waals surface area (Å²) in [7, 11) is 0. The summed E-state index contributed by atoms with van der Waals surface area (Å²) in [6.07, 6.45) is 9.94. The van der Waals surface area contributed by atoms with Gasteiger partial charge in [0.25, 0.3) is 0 Å². The molecule has 0 spiro atoms. The predicted octanol–water partition coefficient (Wildman–Crippen LogP) is 18.4. The standard InChI is InChI=1S/C66H41N3O/c1-2-3-4-7-20-41-21-16-26-44(39-41)67(56-35-19-31-50-47-28-13-15-36-57(47)70-66(50)56)45-37-38-55-53(40-45)49-30-18-33-52-61-58(42-22-8-5-9-23-42)64-60(59(43-24-10-6-11-25-43)65(61)69(55)63(49)52)51-32-17-29-48-46-27-12-14-34-54(46)68(64)62(48)51/h2-40H,1H2/b4-3-,20-7+. The Labute approximate surface area is 402 Å². The molecule has 70 heavy (non-hydrogen) atoms. The van der Waals surface area contributed by atoms with E-state index >= 15 is 0 Å². The number of fused-ring (bicyclic) bond motifs is 15. The number of aromatic nitrogens is 2. The number of anilines is 3. The number of hydrogen-bond donors (Lipinski definition) is 0. The Hall–Kier alpha value is -9.38. The largest absolute Gasteiger partial charge is 0.454 e. The summed E-state index contributed by atoms with van der Waals surface area (Å²) < 4.78 is 11.9. The zero-order valence-corrected chi connectivity index (χ0v) is 38.0. The predicted molar refractivity (Wildman–Crippen MR) is 297 cm³/mol. The second kappa shape index (κ2) is 14.8. The number of para-hydroxylation sites is 5. The summed E-state index contributed by atoms with van der Waals surface area (Å²) in [6, 6.07) is 75.5. The minimum absolute atomic E-state index is 0.849. The van der Waals surface area contributed by atoms with Gasteiger partial charge in [0.1, 0.15) is 5.58 Å². The summed E-state index contributed by atoms with van der Waals surface area (Å²) in [4.78, 5) is 2.36. The molecule has 0 aliphatic rings. The van der Waals surface area contributed by atoms with Crippen molar-refractivity contribution >= 4 is 121 Å². The first-order valence-electron chi connectivity index (χ1n) is 24.0. The SMILES string of the molecule is C=C/C=C\C=C\c1cccc(N(c2ccc3c(c2)c2cccc4c5c(-c6ccccc6)c6c(c(-c7ccccc7)c5n3c24)c2cccc3c4ccccc4n6c32)c2cccc3c2oc2ccccc23)c1. The van der Waals surface area contributed by atoms with Gasteiger partial charge in [-0.05, 0) is 65.2 Å². The lowest BCUT2D eigenvalue weighted by atomic mass is 9.89. The Morgan fingerprint density at radius 1 is 0.400 bits per heavy atom. The lowest BCUT2D eigenvalue weighted by Gasteiger charge is -2.26. The fourth-order valence-electron chi connectivity index (χ4n) is 12.0. The van der Waals surface area contributed by atoms with Crippen molar-refractivity contribution in [3.8, 4) is 22.3 Å². The molecule has 0 aliphatic heterocycles. The monoisotopic (exact) mass is 891 g/mol. The van der Waals surface area contributed by atoms with Crippen LogP contribution in [0.1, 0.15) is 5.56 Å².